The van der Waals surface area contributed by atoms with E-state index in [0.29, 0.717) is 13.0 Å². The summed E-state index contributed by atoms with van der Waals surface area (Å²) in [6.07, 6.45) is -6.40. The smallest absolute Gasteiger partial charge is 0.433 e. The van der Waals surface area contributed by atoms with Crippen LogP contribution in [0.15, 0.2) is 48.4 Å². The molecule has 0 bridgehead atoms. The van der Waals surface area contributed by atoms with Crippen molar-refractivity contribution in [3.8, 4) is 11.5 Å². The fourth-order valence-electron chi connectivity index (χ4n) is 3.08. The number of rotatable bonds is 4. The molecule has 0 amide bonds. The lowest BCUT2D eigenvalue weighted by atomic mass is 10.2. The maximum absolute atomic E-state index is 13.1. The quantitative estimate of drug-likeness (QED) is 0.513. The van der Waals surface area contributed by atoms with E-state index in [4.69, 9.17) is 0 Å². The summed E-state index contributed by atoms with van der Waals surface area (Å²) < 4.78 is 78.4. The van der Waals surface area contributed by atoms with Gasteiger partial charge < -0.3 is 15.3 Å². The third-order valence-electron chi connectivity index (χ3n) is 4.61. The summed E-state index contributed by atoms with van der Waals surface area (Å²) in [5.74, 6) is -0.425. The van der Waals surface area contributed by atoms with Crippen molar-refractivity contribution in [2.24, 2.45) is 0 Å². The highest BCUT2D eigenvalue weighted by atomic mass is 19.4. The molecular weight excluding hydrogens is 468 g/mol. The van der Waals surface area contributed by atoms with Crippen molar-refractivity contribution in [1.82, 2.24) is 24.9 Å². The Hall–Kier alpha value is -3.97. The van der Waals surface area contributed by atoms with Crippen LogP contribution in [-0.2, 0) is 12.4 Å². The largest absolute Gasteiger partial charge is 0.511 e. The highest BCUT2D eigenvalue weighted by molar-refractivity contribution is 5.59. The second-order valence-corrected chi connectivity index (χ2v) is 7.15. The molecule has 1 aliphatic rings. The number of nitrogens with zero attached hydrogens (tertiary/aromatic N) is 6. The van der Waals surface area contributed by atoms with E-state index >= 15 is 0 Å². The fraction of sp³-hybridized carbons (Fsp3) is 0.250. The molecule has 4 heterocycles. The molecule has 14 heteroatoms. The van der Waals surface area contributed by atoms with E-state index in [2.05, 4.69) is 30.2 Å². The van der Waals surface area contributed by atoms with Gasteiger partial charge in [-0.15, -0.1) is 0 Å². The highest BCUT2D eigenvalue weighted by Crippen LogP contribution is 2.31. The summed E-state index contributed by atoms with van der Waals surface area (Å²) >= 11 is 0. The van der Waals surface area contributed by atoms with Crippen molar-refractivity contribution < 1.29 is 31.4 Å². The molecule has 0 unspecified atom stereocenters. The van der Waals surface area contributed by atoms with E-state index in [-0.39, 0.29) is 41.4 Å². The van der Waals surface area contributed by atoms with Gasteiger partial charge in [0.1, 0.15) is 22.8 Å². The first-order chi connectivity index (χ1) is 16.0. The van der Waals surface area contributed by atoms with Gasteiger partial charge in [0.05, 0.1) is 6.54 Å². The molecule has 2 N–H and O–H groups in total. The Balaban J connectivity index is 1.76. The van der Waals surface area contributed by atoms with Gasteiger partial charge in [0.2, 0.25) is 11.9 Å². The summed E-state index contributed by atoms with van der Waals surface area (Å²) in [6.45, 7) is 0.419. The number of aliphatic hydroxyl groups excluding tert-OH is 1. The average molecular weight is 483 g/mol. The molecule has 8 nitrogen and oxygen atoms in total. The van der Waals surface area contributed by atoms with Crippen LogP contribution in [0.25, 0.3) is 11.5 Å². The predicted molar refractivity (Wildman–Crippen MR) is 108 cm³/mol. The Bertz CT molecular complexity index is 1230. The van der Waals surface area contributed by atoms with Crippen LogP contribution in [0.5, 0.6) is 0 Å². The van der Waals surface area contributed by atoms with Crippen LogP contribution < -0.4 is 10.2 Å². The van der Waals surface area contributed by atoms with Crippen LogP contribution in [0.2, 0.25) is 0 Å². The van der Waals surface area contributed by atoms with Gasteiger partial charge >= 0.3 is 12.4 Å². The van der Waals surface area contributed by atoms with E-state index in [1.807, 2.05) is 0 Å². The summed E-state index contributed by atoms with van der Waals surface area (Å²) in [5.41, 5.74) is -2.59. The molecule has 3 aromatic rings. The molecule has 0 aromatic carbocycles. The molecule has 1 aliphatic heterocycles. The number of nitrogens with one attached hydrogen (secondary N) is 1. The van der Waals surface area contributed by atoms with Crippen LogP contribution in [0.4, 0.5) is 43.9 Å². The van der Waals surface area contributed by atoms with Crippen LogP contribution in [0.3, 0.4) is 0 Å². The minimum absolute atomic E-state index is 0.00328. The molecule has 0 radical (unpaired) electrons. The number of hydrogen-bond donors (Lipinski definition) is 2. The van der Waals surface area contributed by atoms with Gasteiger partial charge in [-0.25, -0.2) is 4.98 Å². The fourth-order valence-corrected chi connectivity index (χ4v) is 3.08. The maximum atomic E-state index is 13.1. The van der Waals surface area contributed by atoms with E-state index in [9.17, 15) is 31.4 Å². The summed E-state index contributed by atoms with van der Waals surface area (Å²) in [4.78, 5) is 20.8. The monoisotopic (exact) mass is 483 g/mol. The maximum Gasteiger partial charge on any atom is 0.433 e. The van der Waals surface area contributed by atoms with Crippen molar-refractivity contribution in [1.29, 1.82) is 0 Å². The zero-order valence-corrected chi connectivity index (χ0v) is 17.1. The Labute approximate surface area is 188 Å². The van der Waals surface area contributed by atoms with Gasteiger partial charge in [-0.05, 0) is 36.8 Å². The first-order valence-electron chi connectivity index (χ1n) is 9.73. The summed E-state index contributed by atoms with van der Waals surface area (Å²) in [5, 5.41) is 12.5. The second kappa shape index (κ2) is 8.76. The third kappa shape index (κ3) is 5.32. The lowest BCUT2D eigenvalue weighted by molar-refractivity contribution is -0.141. The van der Waals surface area contributed by atoms with Gasteiger partial charge in [-0.2, -0.15) is 41.3 Å². The summed E-state index contributed by atoms with van der Waals surface area (Å²) in [7, 11) is 0. The molecule has 34 heavy (non-hydrogen) atoms. The van der Waals surface area contributed by atoms with Gasteiger partial charge in [0.15, 0.2) is 5.82 Å². The number of hydrogen-bond acceptors (Lipinski definition) is 8. The van der Waals surface area contributed by atoms with Crippen molar-refractivity contribution in [2.75, 3.05) is 23.3 Å². The van der Waals surface area contributed by atoms with Crippen LogP contribution in [0, 0.1) is 0 Å². The second-order valence-electron chi connectivity index (χ2n) is 7.15. The van der Waals surface area contributed by atoms with E-state index in [1.165, 1.54) is 12.1 Å². The van der Waals surface area contributed by atoms with Gasteiger partial charge in [-0.1, -0.05) is 6.07 Å². The minimum atomic E-state index is -4.71. The van der Waals surface area contributed by atoms with Crippen molar-refractivity contribution in [3.63, 3.8) is 0 Å². The predicted octanol–water partition coefficient (Wildman–Crippen LogP) is 4.76. The lowest BCUT2D eigenvalue weighted by Crippen LogP contribution is -2.31. The van der Waals surface area contributed by atoms with Crippen molar-refractivity contribution in [2.45, 2.75) is 18.8 Å². The van der Waals surface area contributed by atoms with Crippen LogP contribution in [-0.4, -0.2) is 43.1 Å². The number of aliphatic hydroxyl groups is 1. The van der Waals surface area contributed by atoms with E-state index in [1.54, 1.807) is 11.0 Å². The Morgan fingerprint density at radius 2 is 1.68 bits per heavy atom. The van der Waals surface area contributed by atoms with Crippen LogP contribution in [0.1, 0.15) is 17.8 Å². The SMILES string of the molecule is OC1=CCCN(c2nc(Nc3ccnc(C(F)(F)F)c3)nc(-c3cccc(C(F)(F)F)n3)n2)C1. The zero-order chi connectivity index (χ0) is 24.5. The molecule has 0 fully saturated rings. The van der Waals surface area contributed by atoms with E-state index < -0.39 is 23.7 Å². The van der Waals surface area contributed by atoms with Crippen molar-refractivity contribution >= 4 is 17.6 Å². The Kier molecular flexibility index (Phi) is 5.98. The van der Waals surface area contributed by atoms with Gasteiger partial charge in [-0.3, -0.25) is 4.98 Å². The first kappa shape index (κ1) is 23.2. The minimum Gasteiger partial charge on any atom is -0.511 e. The third-order valence-corrected chi connectivity index (χ3v) is 4.61. The lowest BCUT2D eigenvalue weighted by Gasteiger charge is -2.25. The standard InChI is InChI=1S/C20H15F6N7O/c21-19(22,23)14-5-1-4-13(29-14)16-30-17(28-11-6-7-27-15(9-11)20(24,25)26)32-18(31-16)33-8-2-3-12(34)10-33/h1,3-7,9,34H,2,8,10H2,(H,27,28,30,31,32). The molecule has 0 saturated carbocycles. The number of aromatic nitrogens is 5. The number of pyridine rings is 2. The highest BCUT2D eigenvalue weighted by Gasteiger charge is 2.33. The number of halogens is 6. The molecule has 3 aromatic heterocycles. The molecule has 0 atom stereocenters. The molecule has 4 rings (SSSR count). The molecular formula is C20H15F6N7O. The van der Waals surface area contributed by atoms with Crippen LogP contribution >= 0.6 is 0 Å². The zero-order valence-electron chi connectivity index (χ0n) is 17.1. The normalized spacial score (nSPS) is 14.6. The van der Waals surface area contributed by atoms with Gasteiger partial charge in [0, 0.05) is 18.4 Å². The topological polar surface area (TPSA) is 100.0 Å². The van der Waals surface area contributed by atoms with Gasteiger partial charge in [0.25, 0.3) is 0 Å². The molecule has 0 aliphatic carbocycles. The van der Waals surface area contributed by atoms with E-state index in [0.717, 1.165) is 24.4 Å². The molecule has 0 spiro atoms. The average Bonchev–Trinajstić information content (AvgIpc) is 2.78. The molecule has 178 valence electrons. The Morgan fingerprint density at radius 1 is 0.912 bits per heavy atom. The first-order valence-corrected chi connectivity index (χ1v) is 9.73. The summed E-state index contributed by atoms with van der Waals surface area (Å²) in [6, 6.07) is 5.17. The van der Waals surface area contributed by atoms with Crippen molar-refractivity contribution in [3.05, 3.63) is 59.8 Å². The Morgan fingerprint density at radius 3 is 2.38 bits per heavy atom. The molecule has 0 saturated heterocycles. The number of alkyl halides is 6. The number of anilines is 3.